The Kier molecular flexibility index (Phi) is 1.51. The second-order valence-corrected chi connectivity index (χ2v) is 3.22. The highest BCUT2D eigenvalue weighted by Crippen LogP contribution is 2.20. The average Bonchev–Trinajstić information content (AvgIpc) is 2.39. The van der Waals surface area contributed by atoms with E-state index in [2.05, 4.69) is 22.8 Å². The van der Waals surface area contributed by atoms with Gasteiger partial charge in [-0.15, -0.1) is 0 Å². The quantitative estimate of drug-likeness (QED) is 0.469. The highest BCUT2D eigenvalue weighted by atomic mass is 15.1. The van der Waals surface area contributed by atoms with Crippen molar-refractivity contribution < 1.29 is 0 Å². The van der Waals surface area contributed by atoms with Crippen LogP contribution in [0.15, 0.2) is 12.2 Å². The van der Waals surface area contributed by atoms with Crippen molar-refractivity contribution in [2.24, 2.45) is 0 Å². The second kappa shape index (κ2) is 2.36. The zero-order chi connectivity index (χ0) is 6.86. The summed E-state index contributed by atoms with van der Waals surface area (Å²) in [4.78, 5) is 0. The van der Waals surface area contributed by atoms with Crippen LogP contribution in [0.3, 0.4) is 0 Å². The molecule has 2 rings (SSSR count). The van der Waals surface area contributed by atoms with Gasteiger partial charge in [0.05, 0.1) is 0 Å². The van der Waals surface area contributed by atoms with Crippen LogP contribution in [0.4, 0.5) is 0 Å². The van der Waals surface area contributed by atoms with E-state index in [4.69, 9.17) is 0 Å². The minimum absolute atomic E-state index is 0.332. The summed E-state index contributed by atoms with van der Waals surface area (Å²) in [5, 5.41) is 6.90. The fourth-order valence-electron chi connectivity index (χ4n) is 1.83. The Morgan fingerprint density at radius 1 is 1.40 bits per heavy atom. The summed E-state index contributed by atoms with van der Waals surface area (Å²) in [7, 11) is 0. The Hall–Kier alpha value is -0.340. The monoisotopic (exact) mass is 138 g/mol. The first-order valence-electron chi connectivity index (χ1n) is 4.05. The molecule has 0 aromatic rings. The van der Waals surface area contributed by atoms with Crippen molar-refractivity contribution in [1.29, 1.82) is 0 Å². The molecule has 1 fully saturated rings. The number of nitrogens with one attached hydrogen (secondary N) is 2. The standard InChI is InChI=1S/C8H14N2/c1-3-8(7-9-5-1)4-2-6-10-8/h2,4,9-10H,1,3,5-7H2. The van der Waals surface area contributed by atoms with Gasteiger partial charge in [0.2, 0.25) is 0 Å². The molecule has 56 valence electrons. The summed E-state index contributed by atoms with van der Waals surface area (Å²) >= 11 is 0. The maximum atomic E-state index is 3.50. The minimum Gasteiger partial charge on any atom is -0.315 e. The van der Waals surface area contributed by atoms with Crippen LogP contribution >= 0.6 is 0 Å². The van der Waals surface area contributed by atoms with Gasteiger partial charge in [0, 0.05) is 18.6 Å². The van der Waals surface area contributed by atoms with Gasteiger partial charge in [0.25, 0.3) is 0 Å². The summed E-state index contributed by atoms with van der Waals surface area (Å²) in [5.74, 6) is 0. The van der Waals surface area contributed by atoms with Gasteiger partial charge in [-0.2, -0.15) is 0 Å². The first-order valence-corrected chi connectivity index (χ1v) is 4.05. The van der Waals surface area contributed by atoms with Gasteiger partial charge in [-0.25, -0.2) is 0 Å². The van der Waals surface area contributed by atoms with E-state index in [9.17, 15) is 0 Å². The number of hydrogen-bond acceptors (Lipinski definition) is 2. The largest absolute Gasteiger partial charge is 0.315 e. The molecular formula is C8H14N2. The van der Waals surface area contributed by atoms with E-state index < -0.39 is 0 Å². The molecule has 2 heteroatoms. The van der Waals surface area contributed by atoms with E-state index in [1.165, 1.54) is 19.4 Å². The minimum atomic E-state index is 0.332. The lowest BCUT2D eigenvalue weighted by atomic mass is 9.92. The molecule has 2 nitrogen and oxygen atoms in total. The van der Waals surface area contributed by atoms with Gasteiger partial charge in [-0.05, 0) is 19.4 Å². The summed E-state index contributed by atoms with van der Waals surface area (Å²) in [6.07, 6.45) is 7.15. The lowest BCUT2D eigenvalue weighted by molar-refractivity contribution is 0.331. The maximum absolute atomic E-state index is 3.50. The summed E-state index contributed by atoms with van der Waals surface area (Å²) < 4.78 is 0. The molecule has 0 radical (unpaired) electrons. The van der Waals surface area contributed by atoms with Crippen LogP contribution in [0.2, 0.25) is 0 Å². The van der Waals surface area contributed by atoms with E-state index in [0.29, 0.717) is 5.54 Å². The van der Waals surface area contributed by atoms with Crippen molar-refractivity contribution in [2.75, 3.05) is 19.6 Å². The smallest absolute Gasteiger partial charge is 0.0494 e. The molecule has 1 unspecified atom stereocenters. The lowest BCUT2D eigenvalue weighted by Gasteiger charge is -2.32. The van der Waals surface area contributed by atoms with Crippen LogP contribution in [0.1, 0.15) is 12.8 Å². The molecule has 2 aliphatic heterocycles. The van der Waals surface area contributed by atoms with Crippen LogP contribution in [0, 0.1) is 0 Å². The molecule has 0 bridgehead atoms. The first-order chi connectivity index (χ1) is 4.91. The van der Waals surface area contributed by atoms with E-state index in [1.807, 2.05) is 0 Å². The van der Waals surface area contributed by atoms with E-state index in [-0.39, 0.29) is 0 Å². The molecule has 2 aliphatic rings. The predicted octanol–water partition coefficient (Wildman–Crippen LogP) is 0.268. The van der Waals surface area contributed by atoms with E-state index in [0.717, 1.165) is 13.1 Å². The number of hydrogen-bond donors (Lipinski definition) is 2. The van der Waals surface area contributed by atoms with E-state index >= 15 is 0 Å². The molecule has 0 saturated carbocycles. The normalized spacial score (nSPS) is 39.2. The van der Waals surface area contributed by atoms with Crippen molar-refractivity contribution in [3.05, 3.63) is 12.2 Å². The van der Waals surface area contributed by atoms with Gasteiger partial charge in [0.1, 0.15) is 0 Å². The van der Waals surface area contributed by atoms with Gasteiger partial charge in [-0.1, -0.05) is 12.2 Å². The summed E-state index contributed by atoms with van der Waals surface area (Å²) in [6.45, 7) is 3.36. The Morgan fingerprint density at radius 3 is 3.00 bits per heavy atom. The summed E-state index contributed by atoms with van der Waals surface area (Å²) in [6, 6.07) is 0. The van der Waals surface area contributed by atoms with Crippen LogP contribution in [0.25, 0.3) is 0 Å². The Morgan fingerprint density at radius 2 is 2.40 bits per heavy atom. The SMILES string of the molecule is C1=CC2(CCCNC2)NC1. The molecule has 1 spiro atoms. The Labute approximate surface area is 61.7 Å². The van der Waals surface area contributed by atoms with Gasteiger partial charge in [-0.3, -0.25) is 0 Å². The van der Waals surface area contributed by atoms with Gasteiger partial charge < -0.3 is 10.6 Å². The molecule has 0 aromatic carbocycles. The second-order valence-electron chi connectivity index (χ2n) is 3.22. The van der Waals surface area contributed by atoms with Crippen molar-refractivity contribution >= 4 is 0 Å². The number of piperidine rings is 1. The molecule has 0 aliphatic carbocycles. The first kappa shape index (κ1) is 6.38. The number of rotatable bonds is 0. The highest BCUT2D eigenvalue weighted by Gasteiger charge is 2.30. The van der Waals surface area contributed by atoms with Crippen molar-refractivity contribution in [3.8, 4) is 0 Å². The van der Waals surface area contributed by atoms with E-state index in [1.54, 1.807) is 0 Å². The molecule has 1 atom stereocenters. The maximum Gasteiger partial charge on any atom is 0.0494 e. The lowest BCUT2D eigenvalue weighted by Crippen LogP contribution is -2.51. The van der Waals surface area contributed by atoms with Crippen LogP contribution in [-0.2, 0) is 0 Å². The zero-order valence-corrected chi connectivity index (χ0v) is 6.19. The molecule has 2 heterocycles. The Balaban J connectivity index is 2.05. The Bertz CT molecular complexity index is 145. The fraction of sp³-hybridized carbons (Fsp3) is 0.750. The highest BCUT2D eigenvalue weighted by molar-refractivity contribution is 5.15. The average molecular weight is 138 g/mol. The molecule has 2 N–H and O–H groups in total. The van der Waals surface area contributed by atoms with Crippen molar-refractivity contribution in [3.63, 3.8) is 0 Å². The third-order valence-corrected chi connectivity index (χ3v) is 2.43. The molecule has 0 amide bonds. The fourth-order valence-corrected chi connectivity index (χ4v) is 1.83. The third kappa shape index (κ3) is 0.976. The van der Waals surface area contributed by atoms with Crippen LogP contribution in [0.5, 0.6) is 0 Å². The molecular weight excluding hydrogens is 124 g/mol. The topological polar surface area (TPSA) is 24.1 Å². The molecule has 10 heavy (non-hydrogen) atoms. The molecule has 1 saturated heterocycles. The van der Waals surface area contributed by atoms with Crippen molar-refractivity contribution in [1.82, 2.24) is 10.6 Å². The zero-order valence-electron chi connectivity index (χ0n) is 6.19. The van der Waals surface area contributed by atoms with Crippen molar-refractivity contribution in [2.45, 2.75) is 18.4 Å². The van der Waals surface area contributed by atoms with Gasteiger partial charge >= 0.3 is 0 Å². The predicted molar refractivity (Wildman–Crippen MR) is 42.0 cm³/mol. The summed E-state index contributed by atoms with van der Waals surface area (Å²) in [5.41, 5.74) is 0.332. The van der Waals surface area contributed by atoms with Crippen LogP contribution < -0.4 is 10.6 Å². The molecule has 0 aromatic heterocycles. The van der Waals surface area contributed by atoms with Gasteiger partial charge in [0.15, 0.2) is 0 Å². The third-order valence-electron chi connectivity index (χ3n) is 2.43. The van der Waals surface area contributed by atoms with Crippen LogP contribution in [-0.4, -0.2) is 25.2 Å².